The molecule has 0 radical (unpaired) electrons. The van der Waals surface area contributed by atoms with Gasteiger partial charge in [0.1, 0.15) is 6.20 Å². The minimum Gasteiger partial charge on any atom is -0.357 e. The number of hydrogen-bond acceptors (Lipinski definition) is 6. The van der Waals surface area contributed by atoms with Crippen LogP contribution in [0.3, 0.4) is 0 Å². The number of hydrogen-bond donors (Lipinski definition) is 1. The molecule has 0 aliphatic heterocycles. The Morgan fingerprint density at radius 2 is 2.26 bits per heavy atom. The van der Waals surface area contributed by atoms with Crippen LogP contribution in [0, 0.1) is 10.1 Å². The van der Waals surface area contributed by atoms with E-state index in [0.717, 1.165) is 4.90 Å². The maximum absolute atomic E-state index is 10.9. The van der Waals surface area contributed by atoms with Crippen molar-refractivity contribution in [2.45, 2.75) is 9.92 Å². The van der Waals surface area contributed by atoms with Crippen LogP contribution < -0.4 is 5.32 Å². The average Bonchev–Trinajstić information content (AvgIpc) is 2.38. The SMILES string of the molecule is CNc1ncc([N+](=O)[O-])c(Sc2cccc(Cl)c2)n1. The summed E-state index contributed by atoms with van der Waals surface area (Å²) in [5.74, 6) is 0.329. The molecule has 0 atom stereocenters. The summed E-state index contributed by atoms with van der Waals surface area (Å²) in [7, 11) is 1.65. The molecule has 2 aromatic rings. The molecule has 0 amide bonds. The van der Waals surface area contributed by atoms with Crippen LogP contribution in [0.15, 0.2) is 40.4 Å². The van der Waals surface area contributed by atoms with Crippen molar-refractivity contribution in [3.8, 4) is 0 Å². The molecule has 1 heterocycles. The number of nitrogens with one attached hydrogen (secondary N) is 1. The third-order valence-corrected chi connectivity index (χ3v) is 3.39. The van der Waals surface area contributed by atoms with Gasteiger partial charge in [0.2, 0.25) is 5.95 Å². The van der Waals surface area contributed by atoms with Crippen molar-refractivity contribution in [2.75, 3.05) is 12.4 Å². The van der Waals surface area contributed by atoms with Gasteiger partial charge in [-0.05, 0) is 18.2 Å². The van der Waals surface area contributed by atoms with Crippen LogP contribution in [-0.2, 0) is 0 Å². The van der Waals surface area contributed by atoms with Gasteiger partial charge in [-0.25, -0.2) is 4.98 Å². The maximum Gasteiger partial charge on any atom is 0.320 e. The number of benzene rings is 1. The van der Waals surface area contributed by atoms with E-state index < -0.39 is 4.92 Å². The molecule has 0 bridgehead atoms. The topological polar surface area (TPSA) is 81.0 Å². The number of nitro groups is 1. The zero-order chi connectivity index (χ0) is 13.8. The second kappa shape index (κ2) is 5.85. The van der Waals surface area contributed by atoms with E-state index >= 15 is 0 Å². The molecule has 2 rings (SSSR count). The van der Waals surface area contributed by atoms with E-state index in [9.17, 15) is 10.1 Å². The predicted molar refractivity (Wildman–Crippen MR) is 73.8 cm³/mol. The van der Waals surface area contributed by atoms with Crippen LogP contribution in [0.4, 0.5) is 11.6 Å². The van der Waals surface area contributed by atoms with Crippen molar-refractivity contribution in [3.63, 3.8) is 0 Å². The lowest BCUT2D eigenvalue weighted by Crippen LogP contribution is -2.00. The Morgan fingerprint density at radius 1 is 1.47 bits per heavy atom. The summed E-state index contributed by atoms with van der Waals surface area (Å²) in [6.07, 6.45) is 1.19. The summed E-state index contributed by atoms with van der Waals surface area (Å²) >= 11 is 7.05. The van der Waals surface area contributed by atoms with E-state index in [4.69, 9.17) is 11.6 Å². The number of rotatable bonds is 4. The molecule has 98 valence electrons. The van der Waals surface area contributed by atoms with Crippen molar-refractivity contribution in [1.29, 1.82) is 0 Å². The molecule has 0 unspecified atom stereocenters. The standard InChI is InChI=1S/C11H9ClN4O2S/c1-13-11-14-6-9(16(17)18)10(15-11)19-8-4-2-3-7(12)5-8/h2-6H,1H3,(H,13,14,15). The minimum absolute atomic E-state index is 0.135. The summed E-state index contributed by atoms with van der Waals surface area (Å²) in [5, 5.41) is 14.5. The molecule has 0 aliphatic rings. The molecule has 1 N–H and O–H groups in total. The first-order valence-corrected chi connectivity index (χ1v) is 6.42. The normalized spacial score (nSPS) is 10.2. The van der Waals surface area contributed by atoms with Gasteiger partial charge < -0.3 is 5.32 Å². The Balaban J connectivity index is 2.39. The second-order valence-corrected chi connectivity index (χ2v) is 4.95. The van der Waals surface area contributed by atoms with Gasteiger partial charge in [-0.1, -0.05) is 29.4 Å². The number of nitrogens with zero attached hydrogens (tertiary/aromatic N) is 3. The smallest absolute Gasteiger partial charge is 0.320 e. The van der Waals surface area contributed by atoms with Gasteiger partial charge in [-0.15, -0.1) is 0 Å². The Hall–Kier alpha value is -1.86. The largest absolute Gasteiger partial charge is 0.357 e. The van der Waals surface area contributed by atoms with Crippen LogP contribution in [0.1, 0.15) is 0 Å². The van der Waals surface area contributed by atoms with Gasteiger partial charge in [-0.2, -0.15) is 4.98 Å². The highest BCUT2D eigenvalue weighted by atomic mass is 35.5. The van der Waals surface area contributed by atoms with Crippen molar-refractivity contribution in [2.24, 2.45) is 0 Å². The molecular weight excluding hydrogens is 288 g/mol. The summed E-state index contributed by atoms with van der Waals surface area (Å²) in [5.41, 5.74) is -0.135. The first-order chi connectivity index (χ1) is 9.10. The van der Waals surface area contributed by atoms with E-state index in [1.807, 2.05) is 0 Å². The van der Waals surface area contributed by atoms with Gasteiger partial charge in [0.25, 0.3) is 0 Å². The molecule has 0 saturated heterocycles. The fourth-order valence-corrected chi connectivity index (χ4v) is 2.50. The van der Waals surface area contributed by atoms with Crippen LogP contribution >= 0.6 is 23.4 Å². The molecule has 1 aromatic carbocycles. The predicted octanol–water partition coefficient (Wildman–Crippen LogP) is 3.23. The first-order valence-electron chi connectivity index (χ1n) is 5.23. The van der Waals surface area contributed by atoms with Crippen molar-refractivity contribution in [3.05, 3.63) is 45.6 Å². The van der Waals surface area contributed by atoms with Gasteiger partial charge in [-0.3, -0.25) is 10.1 Å². The lowest BCUT2D eigenvalue weighted by Gasteiger charge is -2.04. The Labute approximate surface area is 118 Å². The average molecular weight is 297 g/mol. The molecular formula is C11H9ClN4O2S. The van der Waals surface area contributed by atoms with Crippen LogP contribution in [0.2, 0.25) is 5.02 Å². The third-order valence-electron chi connectivity index (χ3n) is 2.17. The summed E-state index contributed by atoms with van der Waals surface area (Å²) in [6.45, 7) is 0. The van der Waals surface area contributed by atoms with E-state index in [1.165, 1.54) is 18.0 Å². The molecule has 8 heteroatoms. The quantitative estimate of drug-likeness (QED) is 0.530. The molecule has 6 nitrogen and oxygen atoms in total. The molecule has 0 spiro atoms. The number of aromatic nitrogens is 2. The van der Waals surface area contributed by atoms with Crippen LogP contribution in [0.5, 0.6) is 0 Å². The third kappa shape index (κ3) is 3.33. The van der Waals surface area contributed by atoms with E-state index in [-0.39, 0.29) is 10.7 Å². The molecule has 0 fully saturated rings. The fourth-order valence-electron chi connectivity index (χ4n) is 1.32. The monoisotopic (exact) mass is 296 g/mol. The van der Waals surface area contributed by atoms with E-state index in [1.54, 1.807) is 31.3 Å². The summed E-state index contributed by atoms with van der Waals surface area (Å²) in [6, 6.07) is 7.04. The zero-order valence-corrected chi connectivity index (χ0v) is 11.4. The van der Waals surface area contributed by atoms with E-state index in [0.29, 0.717) is 11.0 Å². The van der Waals surface area contributed by atoms with Crippen LogP contribution in [0.25, 0.3) is 0 Å². The van der Waals surface area contributed by atoms with Crippen LogP contribution in [-0.4, -0.2) is 21.9 Å². The van der Waals surface area contributed by atoms with Gasteiger partial charge in [0.15, 0.2) is 5.03 Å². The number of halogens is 1. The molecule has 1 aromatic heterocycles. The summed E-state index contributed by atoms with van der Waals surface area (Å²) < 4.78 is 0. The van der Waals surface area contributed by atoms with E-state index in [2.05, 4.69) is 15.3 Å². The lowest BCUT2D eigenvalue weighted by atomic mass is 10.4. The van der Waals surface area contributed by atoms with Gasteiger partial charge in [0.05, 0.1) is 4.92 Å². The Morgan fingerprint density at radius 3 is 2.89 bits per heavy atom. The Kier molecular flexibility index (Phi) is 4.18. The first kappa shape index (κ1) is 13.6. The minimum atomic E-state index is -0.508. The highest BCUT2D eigenvalue weighted by Crippen LogP contribution is 2.34. The maximum atomic E-state index is 10.9. The molecule has 19 heavy (non-hydrogen) atoms. The fraction of sp³-hybridized carbons (Fsp3) is 0.0909. The lowest BCUT2D eigenvalue weighted by molar-refractivity contribution is -0.388. The highest BCUT2D eigenvalue weighted by Gasteiger charge is 2.18. The van der Waals surface area contributed by atoms with Crippen molar-refractivity contribution < 1.29 is 4.92 Å². The van der Waals surface area contributed by atoms with Crippen molar-refractivity contribution in [1.82, 2.24) is 9.97 Å². The number of anilines is 1. The summed E-state index contributed by atoms with van der Waals surface area (Å²) in [4.78, 5) is 19.1. The second-order valence-electron chi connectivity index (χ2n) is 3.45. The highest BCUT2D eigenvalue weighted by molar-refractivity contribution is 7.99. The van der Waals surface area contributed by atoms with Gasteiger partial charge in [0, 0.05) is 17.0 Å². The zero-order valence-electron chi connectivity index (χ0n) is 9.83. The molecule has 0 saturated carbocycles. The molecule has 0 aliphatic carbocycles. The Bertz CT molecular complexity index is 623. The van der Waals surface area contributed by atoms with Crippen molar-refractivity contribution >= 4 is 35.0 Å². The van der Waals surface area contributed by atoms with Gasteiger partial charge >= 0.3 is 5.69 Å².